The fraction of sp³-hybridized carbons (Fsp3) is 0.381. The number of aromatic nitrogens is 1. The highest BCUT2D eigenvalue weighted by molar-refractivity contribution is 6.33. The Morgan fingerprint density at radius 2 is 2.00 bits per heavy atom. The largest absolute Gasteiger partial charge is 0.459 e. The van der Waals surface area contributed by atoms with Gasteiger partial charge in [0.25, 0.3) is 5.91 Å². The highest BCUT2D eigenvalue weighted by Crippen LogP contribution is 2.30. The zero-order valence-corrected chi connectivity index (χ0v) is 18.1. The summed E-state index contributed by atoms with van der Waals surface area (Å²) in [6.07, 6.45) is -0.255. The summed E-state index contributed by atoms with van der Waals surface area (Å²) < 4.78 is 5.26. The third-order valence-corrected chi connectivity index (χ3v) is 5.10. The van der Waals surface area contributed by atoms with E-state index in [0.29, 0.717) is 40.6 Å². The van der Waals surface area contributed by atoms with E-state index in [0.717, 1.165) is 5.69 Å². The number of hydrogen-bond acceptors (Lipinski definition) is 5. The van der Waals surface area contributed by atoms with Gasteiger partial charge in [-0.05, 0) is 51.5 Å². The van der Waals surface area contributed by atoms with Gasteiger partial charge in [0.05, 0.1) is 28.9 Å². The van der Waals surface area contributed by atoms with Crippen LogP contribution in [0.1, 0.15) is 46.0 Å². The molecule has 2 aromatic rings. The third kappa shape index (κ3) is 4.59. The van der Waals surface area contributed by atoms with Gasteiger partial charge in [0.2, 0.25) is 5.91 Å². The number of ether oxygens (including phenoxy) is 1. The van der Waals surface area contributed by atoms with Crippen molar-refractivity contribution in [2.75, 3.05) is 29.9 Å². The molecule has 160 valence electrons. The number of amides is 2. The van der Waals surface area contributed by atoms with Crippen LogP contribution in [0.4, 0.5) is 11.4 Å². The molecule has 0 atom stereocenters. The molecule has 1 fully saturated rings. The van der Waals surface area contributed by atoms with Gasteiger partial charge in [-0.15, -0.1) is 0 Å². The molecule has 9 heteroatoms. The number of H-pyrrole nitrogens is 1. The van der Waals surface area contributed by atoms with Gasteiger partial charge in [-0.25, -0.2) is 4.79 Å². The average Bonchev–Trinajstić information content (AvgIpc) is 2.95. The zero-order chi connectivity index (χ0) is 22.0. The summed E-state index contributed by atoms with van der Waals surface area (Å²) in [6.45, 7) is 8.42. The van der Waals surface area contributed by atoms with E-state index in [2.05, 4.69) is 15.6 Å². The number of aromatic amines is 1. The monoisotopic (exact) mass is 432 g/mol. The Hall–Kier alpha value is -3.00. The third-order valence-electron chi connectivity index (χ3n) is 4.80. The molecular formula is C21H25ClN4O4. The first-order valence-electron chi connectivity index (χ1n) is 9.70. The number of esters is 1. The Bertz CT molecular complexity index is 999. The van der Waals surface area contributed by atoms with Crippen molar-refractivity contribution in [3.8, 4) is 0 Å². The summed E-state index contributed by atoms with van der Waals surface area (Å²) >= 11 is 6.40. The van der Waals surface area contributed by atoms with Crippen LogP contribution >= 0.6 is 11.6 Å². The standard InChI is InChI=1S/C21H25ClN4O4/c1-11(2)30-21(29)18-12(3)19(24-13(18)4)20(28)25-14-5-6-16(15(22)9-14)26-8-7-23-17(27)10-26/h5-6,9,11,24H,7-8,10H2,1-4H3,(H,23,27)(H,25,28). The summed E-state index contributed by atoms with van der Waals surface area (Å²) in [6, 6.07) is 5.14. The molecule has 0 aliphatic carbocycles. The lowest BCUT2D eigenvalue weighted by Crippen LogP contribution is -2.47. The van der Waals surface area contributed by atoms with E-state index in [4.69, 9.17) is 16.3 Å². The summed E-state index contributed by atoms with van der Waals surface area (Å²) in [5.74, 6) is -0.910. The van der Waals surface area contributed by atoms with E-state index in [-0.39, 0.29) is 30.2 Å². The van der Waals surface area contributed by atoms with Gasteiger partial charge in [-0.1, -0.05) is 11.6 Å². The van der Waals surface area contributed by atoms with Crippen molar-refractivity contribution in [1.82, 2.24) is 10.3 Å². The molecule has 1 aliphatic rings. The van der Waals surface area contributed by atoms with Crippen molar-refractivity contribution >= 4 is 40.8 Å². The van der Waals surface area contributed by atoms with E-state index >= 15 is 0 Å². The number of aryl methyl sites for hydroxylation is 1. The summed E-state index contributed by atoms with van der Waals surface area (Å²) in [4.78, 5) is 41.6. The fourth-order valence-electron chi connectivity index (χ4n) is 3.44. The minimum Gasteiger partial charge on any atom is -0.459 e. The molecule has 1 aromatic carbocycles. The number of benzene rings is 1. The van der Waals surface area contributed by atoms with Gasteiger partial charge in [0.15, 0.2) is 0 Å². The van der Waals surface area contributed by atoms with Crippen LogP contribution in [-0.4, -0.2) is 48.5 Å². The predicted molar refractivity (Wildman–Crippen MR) is 115 cm³/mol. The minimum absolute atomic E-state index is 0.0564. The number of halogens is 1. The highest BCUT2D eigenvalue weighted by atomic mass is 35.5. The normalized spacial score (nSPS) is 13.9. The molecule has 1 aromatic heterocycles. The lowest BCUT2D eigenvalue weighted by Gasteiger charge is -2.29. The van der Waals surface area contributed by atoms with Gasteiger partial charge in [0, 0.05) is 24.5 Å². The van der Waals surface area contributed by atoms with Crippen LogP contribution in [0.15, 0.2) is 18.2 Å². The molecule has 30 heavy (non-hydrogen) atoms. The lowest BCUT2D eigenvalue weighted by molar-refractivity contribution is -0.120. The van der Waals surface area contributed by atoms with Crippen LogP contribution in [0.5, 0.6) is 0 Å². The summed E-state index contributed by atoms with van der Waals surface area (Å²) in [5.41, 5.74) is 2.99. The first-order chi connectivity index (χ1) is 14.2. The molecule has 3 rings (SSSR count). The molecular weight excluding hydrogens is 408 g/mol. The minimum atomic E-state index is -0.465. The van der Waals surface area contributed by atoms with Gasteiger partial charge < -0.3 is 25.3 Å². The molecule has 2 heterocycles. The average molecular weight is 433 g/mol. The maximum atomic E-state index is 12.8. The second kappa shape index (κ2) is 8.79. The van der Waals surface area contributed by atoms with Crippen molar-refractivity contribution in [3.63, 3.8) is 0 Å². The molecule has 1 saturated heterocycles. The maximum Gasteiger partial charge on any atom is 0.340 e. The number of hydrogen-bond donors (Lipinski definition) is 3. The van der Waals surface area contributed by atoms with Crippen molar-refractivity contribution in [2.45, 2.75) is 33.8 Å². The molecule has 0 saturated carbocycles. The molecule has 2 amide bonds. The van der Waals surface area contributed by atoms with Crippen LogP contribution in [0.3, 0.4) is 0 Å². The van der Waals surface area contributed by atoms with Gasteiger partial charge >= 0.3 is 5.97 Å². The Morgan fingerprint density at radius 3 is 2.63 bits per heavy atom. The molecule has 8 nitrogen and oxygen atoms in total. The van der Waals surface area contributed by atoms with Gasteiger partial charge in [-0.3, -0.25) is 9.59 Å². The topological polar surface area (TPSA) is 104 Å². The van der Waals surface area contributed by atoms with Gasteiger partial charge in [-0.2, -0.15) is 0 Å². The van der Waals surface area contributed by atoms with E-state index < -0.39 is 5.97 Å². The van der Waals surface area contributed by atoms with Crippen LogP contribution in [-0.2, 0) is 9.53 Å². The number of nitrogens with zero attached hydrogens (tertiary/aromatic N) is 1. The fourth-order valence-corrected chi connectivity index (χ4v) is 3.74. The SMILES string of the molecule is Cc1[nH]c(C(=O)Nc2ccc(N3CCNC(=O)C3)c(Cl)c2)c(C)c1C(=O)OC(C)C. The van der Waals surface area contributed by atoms with E-state index in [1.165, 1.54) is 0 Å². The van der Waals surface area contributed by atoms with Crippen LogP contribution in [0.25, 0.3) is 0 Å². The van der Waals surface area contributed by atoms with E-state index in [9.17, 15) is 14.4 Å². The quantitative estimate of drug-likeness (QED) is 0.630. The van der Waals surface area contributed by atoms with Crippen molar-refractivity contribution in [1.29, 1.82) is 0 Å². The first-order valence-corrected chi connectivity index (χ1v) is 10.1. The highest BCUT2D eigenvalue weighted by Gasteiger charge is 2.24. The zero-order valence-electron chi connectivity index (χ0n) is 17.4. The van der Waals surface area contributed by atoms with Crippen LogP contribution in [0.2, 0.25) is 5.02 Å². The number of carbonyl (C=O) groups excluding carboxylic acids is 3. The van der Waals surface area contributed by atoms with Crippen molar-refractivity contribution < 1.29 is 19.1 Å². The molecule has 0 radical (unpaired) electrons. The van der Waals surface area contributed by atoms with Crippen molar-refractivity contribution in [2.24, 2.45) is 0 Å². The lowest BCUT2D eigenvalue weighted by atomic mass is 10.1. The Morgan fingerprint density at radius 1 is 1.27 bits per heavy atom. The number of piperazine rings is 1. The Kier molecular flexibility index (Phi) is 6.36. The molecule has 1 aliphatic heterocycles. The predicted octanol–water partition coefficient (Wildman–Crippen LogP) is 3.04. The number of carbonyl (C=O) groups is 3. The van der Waals surface area contributed by atoms with Gasteiger partial charge in [0.1, 0.15) is 5.69 Å². The van der Waals surface area contributed by atoms with Crippen LogP contribution in [0, 0.1) is 13.8 Å². The molecule has 0 unspecified atom stereocenters. The first kappa shape index (κ1) is 21.7. The molecule has 0 spiro atoms. The molecule has 3 N–H and O–H groups in total. The second-order valence-electron chi connectivity index (χ2n) is 7.47. The number of anilines is 2. The van der Waals surface area contributed by atoms with Crippen LogP contribution < -0.4 is 15.5 Å². The van der Waals surface area contributed by atoms with Crippen molar-refractivity contribution in [3.05, 3.63) is 45.7 Å². The van der Waals surface area contributed by atoms with E-state index in [1.54, 1.807) is 45.9 Å². The maximum absolute atomic E-state index is 12.8. The number of rotatable bonds is 5. The smallest absolute Gasteiger partial charge is 0.340 e. The summed E-state index contributed by atoms with van der Waals surface area (Å²) in [7, 11) is 0. The Balaban J connectivity index is 1.77. The Labute approximate surface area is 179 Å². The number of nitrogens with one attached hydrogen (secondary N) is 3. The molecule has 0 bridgehead atoms. The second-order valence-corrected chi connectivity index (χ2v) is 7.88. The van der Waals surface area contributed by atoms with E-state index in [1.807, 2.05) is 4.90 Å². The summed E-state index contributed by atoms with van der Waals surface area (Å²) in [5, 5.41) is 6.00.